The van der Waals surface area contributed by atoms with Crippen molar-refractivity contribution in [3.05, 3.63) is 60.4 Å². The van der Waals surface area contributed by atoms with Crippen molar-refractivity contribution in [2.75, 3.05) is 6.54 Å². The Balaban J connectivity index is 1.65. The van der Waals surface area contributed by atoms with Crippen LogP contribution in [-0.4, -0.2) is 25.3 Å². The first-order valence-electron chi connectivity index (χ1n) is 7.53. The average Bonchev–Trinajstić information content (AvgIpc) is 2.59. The monoisotopic (exact) mass is 343 g/mol. The van der Waals surface area contributed by atoms with Crippen LogP contribution in [0.5, 0.6) is 11.5 Å². The first kappa shape index (κ1) is 16.5. The highest BCUT2D eigenvalue weighted by Gasteiger charge is 2.02. The lowest BCUT2D eigenvalue weighted by molar-refractivity contribution is 0.482. The molecule has 0 aliphatic heterocycles. The summed E-state index contributed by atoms with van der Waals surface area (Å²) in [6.07, 6.45) is 4.87. The van der Waals surface area contributed by atoms with Gasteiger partial charge < -0.3 is 4.74 Å². The lowest BCUT2D eigenvalue weighted by Crippen LogP contribution is -2.17. The van der Waals surface area contributed by atoms with Crippen molar-refractivity contribution in [1.29, 1.82) is 0 Å². The number of benzene rings is 2. The average molecular weight is 343 g/mol. The van der Waals surface area contributed by atoms with Crippen LogP contribution in [0.4, 0.5) is 0 Å². The number of fused-ring (bicyclic) bond motifs is 1. The fourth-order valence-corrected chi connectivity index (χ4v) is 2.68. The molecule has 2 aromatic carbocycles. The van der Waals surface area contributed by atoms with E-state index in [1.165, 1.54) is 0 Å². The summed E-state index contributed by atoms with van der Waals surface area (Å²) in [5.74, 6) is 1.45. The van der Waals surface area contributed by atoms with Gasteiger partial charge in [-0.2, -0.15) is 0 Å². The van der Waals surface area contributed by atoms with Gasteiger partial charge in [-0.25, -0.2) is 8.93 Å². The molecule has 7 heteroatoms. The third-order valence-corrected chi connectivity index (χ3v) is 3.89. The Morgan fingerprint density at radius 3 is 2.67 bits per heavy atom. The van der Waals surface area contributed by atoms with E-state index in [-0.39, 0.29) is 0 Å². The van der Waals surface area contributed by atoms with Crippen LogP contribution in [0.3, 0.4) is 0 Å². The number of ether oxygens (including phenoxy) is 1. The minimum Gasteiger partial charge on any atom is -0.457 e. The van der Waals surface area contributed by atoms with E-state index in [2.05, 4.69) is 14.7 Å². The molecule has 0 aliphatic carbocycles. The molecule has 1 aromatic heterocycles. The van der Waals surface area contributed by atoms with Gasteiger partial charge in [-0.05, 0) is 42.7 Å². The molecule has 124 valence electrons. The van der Waals surface area contributed by atoms with Gasteiger partial charge in [0, 0.05) is 25.0 Å². The Labute approximate surface area is 142 Å². The predicted octanol–water partition coefficient (Wildman–Crippen LogP) is 3.08. The molecule has 0 saturated carbocycles. The lowest BCUT2D eigenvalue weighted by Gasteiger charge is -2.08. The minimum absolute atomic E-state index is 0.484. The maximum atomic E-state index is 10.5. The van der Waals surface area contributed by atoms with E-state index in [0.29, 0.717) is 12.3 Å². The Hall–Kier alpha value is -2.35. The number of rotatable bonds is 7. The molecular weight excluding hydrogens is 326 g/mol. The summed E-state index contributed by atoms with van der Waals surface area (Å²) in [6, 6.07) is 13.4. The smallest absolute Gasteiger partial charge is 0.231 e. The largest absolute Gasteiger partial charge is 0.457 e. The molecule has 0 amide bonds. The third-order valence-electron chi connectivity index (χ3n) is 3.44. The normalized spacial score (nSPS) is 12.2. The van der Waals surface area contributed by atoms with E-state index in [0.717, 1.165) is 35.2 Å². The summed E-state index contributed by atoms with van der Waals surface area (Å²) in [5, 5.41) is 0. The molecule has 1 unspecified atom stereocenters. The molecule has 0 spiro atoms. The van der Waals surface area contributed by atoms with Gasteiger partial charge in [-0.1, -0.05) is 12.1 Å². The van der Waals surface area contributed by atoms with Crippen LogP contribution in [0.25, 0.3) is 11.0 Å². The summed E-state index contributed by atoms with van der Waals surface area (Å²) in [5.41, 5.74) is 2.72. The second-order valence-electron chi connectivity index (χ2n) is 5.20. The molecule has 6 nitrogen and oxygen atoms in total. The van der Waals surface area contributed by atoms with Crippen molar-refractivity contribution in [3.63, 3.8) is 0 Å². The number of aromatic nitrogens is 2. The standard InChI is InChI=1S/C17H17N3O3S/c21-24(22)20-8-2-4-13-3-1-5-14(11-13)23-15-6-7-16-17(12-15)19-10-9-18-16/h1,3,5-7,9-12,20H,2,4,8H2,(H,21,22). The number of nitrogens with zero attached hydrogens (tertiary/aromatic N) is 2. The zero-order chi connectivity index (χ0) is 16.8. The Morgan fingerprint density at radius 2 is 1.83 bits per heavy atom. The van der Waals surface area contributed by atoms with E-state index >= 15 is 0 Å². The van der Waals surface area contributed by atoms with Crippen LogP contribution in [0.1, 0.15) is 12.0 Å². The predicted molar refractivity (Wildman–Crippen MR) is 93.1 cm³/mol. The van der Waals surface area contributed by atoms with Crippen LogP contribution in [0.15, 0.2) is 54.9 Å². The van der Waals surface area contributed by atoms with Crippen molar-refractivity contribution >= 4 is 22.3 Å². The Morgan fingerprint density at radius 1 is 1.04 bits per heavy atom. The molecule has 1 heterocycles. The summed E-state index contributed by atoms with van der Waals surface area (Å²) in [7, 11) is 0. The molecule has 24 heavy (non-hydrogen) atoms. The molecule has 3 rings (SSSR count). The molecule has 3 aromatic rings. The van der Waals surface area contributed by atoms with Crippen molar-refractivity contribution in [2.45, 2.75) is 12.8 Å². The number of hydrogen-bond donors (Lipinski definition) is 2. The zero-order valence-corrected chi connectivity index (χ0v) is 13.7. The summed E-state index contributed by atoms with van der Waals surface area (Å²) in [6.45, 7) is 0.484. The first-order valence-corrected chi connectivity index (χ1v) is 8.63. The molecular formula is C17H17N3O3S. The van der Waals surface area contributed by atoms with E-state index < -0.39 is 11.3 Å². The second-order valence-corrected chi connectivity index (χ2v) is 5.99. The highest BCUT2D eigenvalue weighted by Crippen LogP contribution is 2.25. The van der Waals surface area contributed by atoms with Gasteiger partial charge in [0.15, 0.2) is 0 Å². The number of hydrogen-bond acceptors (Lipinski definition) is 4. The fraction of sp³-hybridized carbons (Fsp3) is 0.176. The van der Waals surface area contributed by atoms with Gasteiger partial charge in [0.2, 0.25) is 11.3 Å². The third kappa shape index (κ3) is 4.58. The minimum atomic E-state index is -1.95. The summed E-state index contributed by atoms with van der Waals surface area (Å²) >= 11 is -1.95. The molecule has 0 fully saturated rings. The van der Waals surface area contributed by atoms with Crippen molar-refractivity contribution in [1.82, 2.24) is 14.7 Å². The highest BCUT2D eigenvalue weighted by molar-refractivity contribution is 7.77. The van der Waals surface area contributed by atoms with Crippen LogP contribution >= 0.6 is 0 Å². The molecule has 1 atom stereocenters. The van der Waals surface area contributed by atoms with Crippen LogP contribution in [0.2, 0.25) is 0 Å². The van der Waals surface area contributed by atoms with Gasteiger partial charge in [0.05, 0.1) is 11.0 Å². The first-order chi connectivity index (χ1) is 11.7. The van der Waals surface area contributed by atoms with Crippen molar-refractivity contribution in [2.24, 2.45) is 0 Å². The highest BCUT2D eigenvalue weighted by atomic mass is 32.2. The zero-order valence-electron chi connectivity index (χ0n) is 12.9. The van der Waals surface area contributed by atoms with Gasteiger partial charge in [-0.3, -0.25) is 14.5 Å². The molecule has 0 saturated heterocycles. The fourth-order valence-electron chi connectivity index (χ4n) is 2.36. The van der Waals surface area contributed by atoms with Crippen LogP contribution < -0.4 is 9.46 Å². The topological polar surface area (TPSA) is 84.3 Å². The van der Waals surface area contributed by atoms with Crippen LogP contribution in [-0.2, 0) is 17.7 Å². The molecule has 0 bridgehead atoms. The molecule has 2 N–H and O–H groups in total. The molecule has 0 radical (unpaired) electrons. The van der Waals surface area contributed by atoms with Crippen molar-refractivity contribution < 1.29 is 13.5 Å². The van der Waals surface area contributed by atoms with Gasteiger partial charge in [0.25, 0.3) is 0 Å². The maximum absolute atomic E-state index is 10.5. The molecule has 0 aliphatic rings. The van der Waals surface area contributed by atoms with Gasteiger partial charge in [0.1, 0.15) is 11.5 Å². The van der Waals surface area contributed by atoms with E-state index in [1.54, 1.807) is 12.4 Å². The van der Waals surface area contributed by atoms with E-state index in [9.17, 15) is 4.21 Å². The van der Waals surface area contributed by atoms with Crippen molar-refractivity contribution in [3.8, 4) is 11.5 Å². The van der Waals surface area contributed by atoms with Gasteiger partial charge >= 0.3 is 0 Å². The maximum Gasteiger partial charge on any atom is 0.231 e. The SMILES string of the molecule is O=S(O)NCCCc1cccc(Oc2ccc3nccnc3c2)c1. The second kappa shape index (κ2) is 7.96. The van der Waals surface area contributed by atoms with E-state index in [4.69, 9.17) is 9.29 Å². The quantitative estimate of drug-likeness (QED) is 0.509. The summed E-state index contributed by atoms with van der Waals surface area (Å²) in [4.78, 5) is 8.50. The number of nitrogens with one attached hydrogen (secondary N) is 1. The van der Waals surface area contributed by atoms with Gasteiger partial charge in [-0.15, -0.1) is 0 Å². The van der Waals surface area contributed by atoms with Crippen LogP contribution in [0, 0.1) is 0 Å². The lowest BCUT2D eigenvalue weighted by atomic mass is 10.1. The Kier molecular flexibility index (Phi) is 5.47. The summed E-state index contributed by atoms with van der Waals surface area (Å²) < 4.78 is 27.6. The number of aryl methyl sites for hydroxylation is 1. The van der Waals surface area contributed by atoms with E-state index in [1.807, 2.05) is 42.5 Å². The Bertz CT molecular complexity index is 857.